The van der Waals surface area contributed by atoms with Gasteiger partial charge in [-0.25, -0.2) is 4.98 Å². The van der Waals surface area contributed by atoms with E-state index in [9.17, 15) is 0 Å². The van der Waals surface area contributed by atoms with Crippen molar-refractivity contribution in [2.45, 2.75) is 6.42 Å². The molecule has 0 bridgehead atoms. The van der Waals surface area contributed by atoms with Crippen LogP contribution in [0.25, 0.3) is 16.9 Å². The monoisotopic (exact) mass is 237 g/mol. The molecule has 0 fully saturated rings. The van der Waals surface area contributed by atoms with E-state index >= 15 is 0 Å². The molecule has 3 heteroatoms. The van der Waals surface area contributed by atoms with E-state index < -0.39 is 0 Å². The number of hydrogen-bond acceptors (Lipinski definition) is 2. The molecule has 0 saturated heterocycles. The Morgan fingerprint density at radius 2 is 1.89 bits per heavy atom. The molecule has 0 spiro atoms. The van der Waals surface area contributed by atoms with Crippen LogP contribution in [0, 0.1) is 0 Å². The third kappa shape index (κ3) is 1.89. The number of pyridine rings is 1. The number of nitrogens with zero attached hydrogens (tertiary/aromatic N) is 2. The molecule has 3 nitrogen and oxygen atoms in total. The van der Waals surface area contributed by atoms with E-state index in [4.69, 9.17) is 5.73 Å². The number of aromatic nitrogens is 2. The molecular formula is C15H15N3. The van der Waals surface area contributed by atoms with E-state index in [0.29, 0.717) is 6.54 Å². The topological polar surface area (TPSA) is 43.3 Å². The van der Waals surface area contributed by atoms with E-state index in [2.05, 4.69) is 39.8 Å². The largest absolute Gasteiger partial charge is 0.330 e. The quantitative estimate of drug-likeness (QED) is 0.760. The molecule has 2 N–H and O–H groups in total. The van der Waals surface area contributed by atoms with Gasteiger partial charge in [-0.2, -0.15) is 0 Å². The molecule has 0 unspecified atom stereocenters. The van der Waals surface area contributed by atoms with Gasteiger partial charge in [-0.1, -0.05) is 36.4 Å². The highest BCUT2D eigenvalue weighted by Crippen LogP contribution is 2.20. The maximum Gasteiger partial charge on any atom is 0.144 e. The van der Waals surface area contributed by atoms with Crippen LogP contribution in [0.15, 0.2) is 54.9 Å². The summed E-state index contributed by atoms with van der Waals surface area (Å²) in [4.78, 5) is 4.50. The van der Waals surface area contributed by atoms with Crippen LogP contribution in [0.3, 0.4) is 0 Å². The van der Waals surface area contributed by atoms with Crippen LogP contribution in [0.5, 0.6) is 0 Å². The summed E-state index contributed by atoms with van der Waals surface area (Å²) in [7, 11) is 0. The lowest BCUT2D eigenvalue weighted by Gasteiger charge is -2.04. The molecule has 0 radical (unpaired) electrons. The van der Waals surface area contributed by atoms with Crippen molar-refractivity contribution in [3.63, 3.8) is 0 Å². The average Bonchev–Trinajstić information content (AvgIpc) is 2.83. The second-order valence-electron chi connectivity index (χ2n) is 4.32. The van der Waals surface area contributed by atoms with Gasteiger partial charge in [0.15, 0.2) is 0 Å². The van der Waals surface area contributed by atoms with Gasteiger partial charge in [0.1, 0.15) is 5.82 Å². The molecule has 0 saturated carbocycles. The molecule has 1 aromatic carbocycles. The predicted molar refractivity (Wildman–Crippen MR) is 73.4 cm³/mol. The molecule has 2 heterocycles. The van der Waals surface area contributed by atoms with Gasteiger partial charge in [0.2, 0.25) is 0 Å². The highest BCUT2D eigenvalue weighted by atomic mass is 15.0. The lowest BCUT2D eigenvalue weighted by Crippen LogP contribution is -2.03. The first-order valence-corrected chi connectivity index (χ1v) is 6.10. The number of imidazole rings is 1. The molecule has 0 aliphatic carbocycles. The first-order valence-electron chi connectivity index (χ1n) is 6.10. The van der Waals surface area contributed by atoms with Gasteiger partial charge in [-0.05, 0) is 24.6 Å². The van der Waals surface area contributed by atoms with Crippen LogP contribution in [0.2, 0.25) is 0 Å². The average molecular weight is 237 g/mol. The van der Waals surface area contributed by atoms with E-state index in [1.165, 1.54) is 5.56 Å². The van der Waals surface area contributed by atoms with Crippen molar-refractivity contribution in [3.05, 3.63) is 60.4 Å². The van der Waals surface area contributed by atoms with Crippen LogP contribution in [-0.2, 0) is 6.42 Å². The first-order chi connectivity index (χ1) is 8.88. The fourth-order valence-electron chi connectivity index (χ4n) is 2.15. The summed E-state index contributed by atoms with van der Waals surface area (Å²) >= 11 is 0. The van der Waals surface area contributed by atoms with Crippen LogP contribution in [0.1, 0.15) is 5.56 Å². The highest BCUT2D eigenvalue weighted by Gasteiger charge is 2.06. The van der Waals surface area contributed by atoms with E-state index in [0.717, 1.165) is 23.3 Å². The summed E-state index contributed by atoms with van der Waals surface area (Å²) in [6.45, 7) is 0.668. The van der Waals surface area contributed by atoms with Crippen LogP contribution < -0.4 is 5.73 Å². The summed E-state index contributed by atoms with van der Waals surface area (Å²) in [5.41, 5.74) is 9.07. The van der Waals surface area contributed by atoms with Crippen molar-refractivity contribution >= 4 is 5.52 Å². The Labute approximate surface area is 106 Å². The summed E-state index contributed by atoms with van der Waals surface area (Å²) < 4.78 is 2.13. The fourth-order valence-corrected chi connectivity index (χ4v) is 2.15. The van der Waals surface area contributed by atoms with Gasteiger partial charge in [0, 0.05) is 11.8 Å². The van der Waals surface area contributed by atoms with Gasteiger partial charge < -0.3 is 5.73 Å². The van der Waals surface area contributed by atoms with Gasteiger partial charge in [0.25, 0.3) is 0 Å². The van der Waals surface area contributed by atoms with Crippen molar-refractivity contribution < 1.29 is 0 Å². The molecule has 0 aliphatic rings. The SMILES string of the molecule is NCCc1ccc2cnc(-c3ccccc3)n2c1. The zero-order valence-electron chi connectivity index (χ0n) is 10.1. The smallest absolute Gasteiger partial charge is 0.144 e. The summed E-state index contributed by atoms with van der Waals surface area (Å²) in [5, 5.41) is 0. The first kappa shape index (κ1) is 11.0. The van der Waals surface area contributed by atoms with Gasteiger partial charge in [-0.15, -0.1) is 0 Å². The molecule has 18 heavy (non-hydrogen) atoms. The molecule has 0 atom stereocenters. The summed E-state index contributed by atoms with van der Waals surface area (Å²) in [6.07, 6.45) is 4.91. The Hall–Kier alpha value is -2.13. The third-order valence-electron chi connectivity index (χ3n) is 3.05. The Morgan fingerprint density at radius 1 is 1.06 bits per heavy atom. The van der Waals surface area contributed by atoms with Crippen LogP contribution >= 0.6 is 0 Å². The third-order valence-corrected chi connectivity index (χ3v) is 3.05. The van der Waals surface area contributed by atoms with E-state index in [1.807, 2.05) is 24.4 Å². The van der Waals surface area contributed by atoms with Crippen molar-refractivity contribution in [1.29, 1.82) is 0 Å². The molecule has 2 aromatic heterocycles. The van der Waals surface area contributed by atoms with Crippen molar-refractivity contribution in [1.82, 2.24) is 9.38 Å². The summed E-state index contributed by atoms with van der Waals surface area (Å²) in [5.74, 6) is 0.976. The molecule has 3 rings (SSSR count). The second kappa shape index (κ2) is 4.63. The molecular weight excluding hydrogens is 222 g/mol. The normalized spacial score (nSPS) is 10.9. The Bertz CT molecular complexity index is 656. The van der Waals surface area contributed by atoms with Crippen molar-refractivity contribution in [2.24, 2.45) is 5.73 Å². The van der Waals surface area contributed by atoms with Gasteiger partial charge >= 0.3 is 0 Å². The highest BCUT2D eigenvalue weighted by molar-refractivity contribution is 5.62. The van der Waals surface area contributed by atoms with Crippen molar-refractivity contribution in [2.75, 3.05) is 6.54 Å². The Balaban J connectivity index is 2.15. The zero-order chi connectivity index (χ0) is 12.4. The number of fused-ring (bicyclic) bond motifs is 1. The molecule has 0 amide bonds. The van der Waals surface area contributed by atoms with E-state index in [-0.39, 0.29) is 0 Å². The standard InChI is InChI=1S/C15H15N3/c16-9-8-12-6-7-14-10-17-15(18(14)11-12)13-4-2-1-3-5-13/h1-7,10-11H,8-9,16H2. The second-order valence-corrected chi connectivity index (χ2v) is 4.32. The van der Waals surface area contributed by atoms with Gasteiger partial charge in [0.05, 0.1) is 11.7 Å². The molecule has 0 aliphatic heterocycles. The van der Waals surface area contributed by atoms with Crippen LogP contribution in [-0.4, -0.2) is 15.9 Å². The lowest BCUT2D eigenvalue weighted by molar-refractivity contribution is 0.952. The number of benzene rings is 1. The minimum absolute atomic E-state index is 0.668. The number of hydrogen-bond donors (Lipinski definition) is 1. The minimum atomic E-state index is 0.668. The zero-order valence-corrected chi connectivity index (χ0v) is 10.1. The van der Waals surface area contributed by atoms with E-state index in [1.54, 1.807) is 0 Å². The number of rotatable bonds is 3. The summed E-state index contributed by atoms with van der Waals surface area (Å²) in [6, 6.07) is 14.4. The Kier molecular flexibility index (Phi) is 2.82. The molecule has 90 valence electrons. The van der Waals surface area contributed by atoms with Gasteiger partial charge in [-0.3, -0.25) is 4.40 Å². The lowest BCUT2D eigenvalue weighted by atomic mass is 10.2. The minimum Gasteiger partial charge on any atom is -0.330 e. The van der Waals surface area contributed by atoms with Crippen LogP contribution in [0.4, 0.5) is 0 Å². The fraction of sp³-hybridized carbons (Fsp3) is 0.133. The predicted octanol–water partition coefficient (Wildman–Crippen LogP) is 2.50. The Morgan fingerprint density at radius 3 is 2.67 bits per heavy atom. The number of nitrogens with two attached hydrogens (primary N) is 1. The van der Waals surface area contributed by atoms with Crippen molar-refractivity contribution in [3.8, 4) is 11.4 Å². The maximum atomic E-state index is 5.60. The maximum absolute atomic E-state index is 5.60. The molecule has 3 aromatic rings.